The summed E-state index contributed by atoms with van der Waals surface area (Å²) >= 11 is 0. The zero-order valence-electron chi connectivity index (χ0n) is 17.8. The molecule has 2 N–H and O–H groups in total. The number of rotatable bonds is 8. The van der Waals surface area contributed by atoms with E-state index < -0.39 is 12.4 Å². The van der Waals surface area contributed by atoms with Crippen LogP contribution in [0.15, 0.2) is 58.3 Å². The van der Waals surface area contributed by atoms with Gasteiger partial charge in [-0.25, -0.2) is 15.0 Å². The Bertz CT molecular complexity index is 1390. The average Bonchev–Trinajstić information content (AvgIpc) is 3.34. The van der Waals surface area contributed by atoms with E-state index >= 15 is 0 Å². The van der Waals surface area contributed by atoms with Gasteiger partial charge in [-0.3, -0.25) is 14.6 Å². The van der Waals surface area contributed by atoms with Crippen LogP contribution in [0, 0.1) is 0 Å². The number of nitrogens with zero attached hydrogens (tertiary/aromatic N) is 5. The number of pyridine rings is 2. The fourth-order valence-corrected chi connectivity index (χ4v) is 3.24. The fourth-order valence-electron chi connectivity index (χ4n) is 3.24. The Balaban J connectivity index is 1.69. The minimum atomic E-state index is -3.02. The number of nitrogens with two attached hydrogens (primary N) is 1. The number of aromatic nitrogens is 5. The Morgan fingerprint density at radius 2 is 2.00 bits per heavy atom. The molecule has 4 aromatic rings. The maximum absolute atomic E-state index is 13.0. The largest absolute Gasteiger partial charge is 0.443 e. The summed E-state index contributed by atoms with van der Waals surface area (Å²) in [7, 11) is 1.57. The van der Waals surface area contributed by atoms with Gasteiger partial charge in [0.05, 0.1) is 11.9 Å². The highest BCUT2D eigenvalue weighted by atomic mass is 19.3. The number of anilines is 1. The van der Waals surface area contributed by atoms with Gasteiger partial charge in [0, 0.05) is 43.9 Å². The summed E-state index contributed by atoms with van der Waals surface area (Å²) in [6.45, 7) is -3.02. The number of alkyl halides is 2. The summed E-state index contributed by atoms with van der Waals surface area (Å²) < 4.78 is 36.4. The molecule has 4 heterocycles. The monoisotopic (exact) mass is 468 g/mol. The summed E-state index contributed by atoms with van der Waals surface area (Å²) in [5, 5.41) is 0. The predicted octanol–water partition coefficient (Wildman–Crippen LogP) is 2.89. The van der Waals surface area contributed by atoms with Crippen LogP contribution in [0.3, 0.4) is 0 Å². The minimum Gasteiger partial charge on any atom is -0.443 e. The molecule has 0 aliphatic carbocycles. The van der Waals surface area contributed by atoms with Crippen molar-refractivity contribution >= 4 is 11.6 Å². The van der Waals surface area contributed by atoms with Gasteiger partial charge in [0.2, 0.25) is 11.4 Å². The van der Waals surface area contributed by atoms with Gasteiger partial charge in [-0.2, -0.15) is 8.78 Å². The van der Waals surface area contributed by atoms with E-state index in [1.165, 1.54) is 53.7 Å². The van der Waals surface area contributed by atoms with E-state index in [4.69, 9.17) is 10.2 Å². The first-order valence-electron chi connectivity index (χ1n) is 10.00. The number of hydrogen-bond acceptors (Lipinski definition) is 9. The van der Waals surface area contributed by atoms with Crippen molar-refractivity contribution in [1.82, 2.24) is 24.5 Å². The molecule has 0 fully saturated rings. The van der Waals surface area contributed by atoms with Crippen molar-refractivity contribution in [1.29, 1.82) is 0 Å². The second kappa shape index (κ2) is 9.57. The zero-order chi connectivity index (χ0) is 24.2. The number of ether oxygens (including phenoxy) is 1. The molecule has 10 nitrogen and oxygen atoms in total. The molecule has 0 aromatic carbocycles. The molecule has 34 heavy (non-hydrogen) atoms. The number of hydrogen-bond donors (Lipinski definition) is 1. The highest BCUT2D eigenvalue weighted by molar-refractivity contribution is 5.99. The van der Waals surface area contributed by atoms with Gasteiger partial charge in [0.15, 0.2) is 17.3 Å². The van der Waals surface area contributed by atoms with E-state index in [2.05, 4.69) is 24.7 Å². The Kier molecular flexibility index (Phi) is 6.39. The van der Waals surface area contributed by atoms with E-state index in [0.717, 1.165) is 0 Å². The summed E-state index contributed by atoms with van der Waals surface area (Å²) in [6, 6.07) is 5.67. The highest BCUT2D eigenvalue weighted by Gasteiger charge is 2.23. The Morgan fingerprint density at radius 3 is 2.71 bits per heavy atom. The smallest absolute Gasteiger partial charge is 0.387 e. The highest BCUT2D eigenvalue weighted by Crippen LogP contribution is 2.30. The Hall–Kier alpha value is -4.48. The van der Waals surface area contributed by atoms with Crippen LogP contribution in [0.5, 0.6) is 5.75 Å². The van der Waals surface area contributed by atoms with Crippen LogP contribution in [0.25, 0.3) is 22.8 Å². The molecule has 0 aliphatic heterocycles. The van der Waals surface area contributed by atoms with Crippen molar-refractivity contribution in [3.8, 4) is 28.6 Å². The second-order valence-corrected chi connectivity index (χ2v) is 7.11. The lowest BCUT2D eigenvalue weighted by Gasteiger charge is -2.12. The van der Waals surface area contributed by atoms with Crippen molar-refractivity contribution in [3.63, 3.8) is 0 Å². The number of ketones is 1. The van der Waals surface area contributed by atoms with Crippen LogP contribution < -0.4 is 16.0 Å². The molecule has 0 bridgehead atoms. The number of Topliss-reactive ketones (excluding diaryl/α,β-unsaturated/α-hetero) is 1. The number of carbonyl (C=O) groups excluding carboxylic acids is 1. The lowest BCUT2D eigenvalue weighted by molar-refractivity contribution is -0.0507. The molecule has 4 rings (SSSR count). The quantitative estimate of drug-likeness (QED) is 0.387. The van der Waals surface area contributed by atoms with Crippen molar-refractivity contribution in [2.24, 2.45) is 7.05 Å². The molecule has 0 atom stereocenters. The average molecular weight is 468 g/mol. The zero-order valence-corrected chi connectivity index (χ0v) is 17.8. The molecular weight excluding hydrogens is 450 g/mol. The van der Waals surface area contributed by atoms with E-state index in [1.807, 2.05) is 0 Å². The van der Waals surface area contributed by atoms with Gasteiger partial charge in [-0.05, 0) is 18.2 Å². The van der Waals surface area contributed by atoms with Gasteiger partial charge >= 0.3 is 6.61 Å². The van der Waals surface area contributed by atoms with E-state index in [1.54, 1.807) is 7.05 Å². The van der Waals surface area contributed by atoms with Crippen LogP contribution in [-0.2, 0) is 13.5 Å². The summed E-state index contributed by atoms with van der Waals surface area (Å²) in [5.74, 6) is -0.626. The van der Waals surface area contributed by atoms with Crippen molar-refractivity contribution in [2.75, 3.05) is 5.73 Å². The van der Waals surface area contributed by atoms with Crippen LogP contribution in [0.2, 0.25) is 0 Å². The molecule has 0 aliphatic rings. The molecule has 0 spiro atoms. The summed E-state index contributed by atoms with van der Waals surface area (Å²) in [6.07, 6.45) is 5.59. The molecule has 0 unspecified atom stereocenters. The number of halogens is 2. The van der Waals surface area contributed by atoms with Crippen molar-refractivity contribution in [3.05, 3.63) is 70.9 Å². The Morgan fingerprint density at radius 1 is 1.18 bits per heavy atom. The van der Waals surface area contributed by atoms with E-state index in [-0.39, 0.29) is 58.6 Å². The second-order valence-electron chi connectivity index (χ2n) is 7.11. The van der Waals surface area contributed by atoms with E-state index in [0.29, 0.717) is 5.56 Å². The molecule has 4 aromatic heterocycles. The van der Waals surface area contributed by atoms with Crippen molar-refractivity contribution < 1.29 is 22.7 Å². The topological polar surface area (TPSA) is 139 Å². The maximum atomic E-state index is 13.0. The van der Waals surface area contributed by atoms with Crippen molar-refractivity contribution in [2.45, 2.75) is 19.5 Å². The molecule has 0 radical (unpaired) electrons. The van der Waals surface area contributed by atoms with Crippen LogP contribution in [-0.4, -0.2) is 36.9 Å². The molecule has 174 valence electrons. The number of oxazole rings is 1. The van der Waals surface area contributed by atoms with Crippen LogP contribution >= 0.6 is 0 Å². The number of carbonyl (C=O) groups is 1. The lowest BCUT2D eigenvalue weighted by atomic mass is 10.1. The fraction of sp³-hybridized carbons (Fsp3) is 0.182. The summed E-state index contributed by atoms with van der Waals surface area (Å²) in [4.78, 5) is 41.6. The first-order valence-corrected chi connectivity index (χ1v) is 10.00. The molecule has 0 saturated carbocycles. The molecular formula is C22H18F2N6O4. The maximum Gasteiger partial charge on any atom is 0.387 e. The summed E-state index contributed by atoms with van der Waals surface area (Å²) in [5.41, 5.74) is 6.77. The predicted molar refractivity (Wildman–Crippen MR) is 116 cm³/mol. The van der Waals surface area contributed by atoms with Crippen LogP contribution in [0.1, 0.15) is 22.6 Å². The Labute approximate surface area is 191 Å². The molecule has 12 heteroatoms. The van der Waals surface area contributed by atoms with Gasteiger partial charge in [-0.15, -0.1) is 0 Å². The standard InChI is InChI=1S/C22H18F2N6O4/c1-30-11-12(4-7-16(30)32)17-19(21-27-9-10-33-21)29-20(25)18(28-17)14(31)6-5-13-15(34-22(23)24)3-2-8-26-13/h2-4,7-11,22H,5-6H2,1H3,(H2,25,29). The normalized spacial score (nSPS) is 11.1. The first-order chi connectivity index (χ1) is 16.3. The van der Waals surface area contributed by atoms with Crippen LogP contribution in [0.4, 0.5) is 14.6 Å². The van der Waals surface area contributed by atoms with Gasteiger partial charge in [0.25, 0.3) is 0 Å². The third-order valence-corrected chi connectivity index (χ3v) is 4.83. The molecule has 0 amide bonds. The third-order valence-electron chi connectivity index (χ3n) is 4.83. The lowest BCUT2D eigenvalue weighted by Crippen LogP contribution is -2.16. The SMILES string of the molecule is Cn1cc(-c2nc(C(=O)CCc3ncccc3OC(F)F)c(N)nc2-c2ncco2)ccc1=O. The minimum absolute atomic E-state index is 0.0134. The van der Waals surface area contributed by atoms with Gasteiger partial charge < -0.3 is 19.5 Å². The number of aryl methyl sites for hydroxylation is 2. The van der Waals surface area contributed by atoms with E-state index in [9.17, 15) is 18.4 Å². The van der Waals surface area contributed by atoms with Gasteiger partial charge in [0.1, 0.15) is 23.4 Å². The number of nitrogen functional groups attached to an aromatic ring is 1. The third kappa shape index (κ3) is 4.80. The van der Waals surface area contributed by atoms with Gasteiger partial charge in [-0.1, -0.05) is 0 Å². The first kappa shape index (κ1) is 22.7. The molecule has 0 saturated heterocycles.